The van der Waals surface area contributed by atoms with E-state index < -0.39 is 10.0 Å². The summed E-state index contributed by atoms with van der Waals surface area (Å²) in [5.74, 6) is 1.49. The van der Waals surface area contributed by atoms with Crippen molar-refractivity contribution in [2.45, 2.75) is 30.9 Å². The Morgan fingerprint density at radius 3 is 2.48 bits per heavy atom. The monoisotopic (exact) mass is 365 g/mol. The lowest BCUT2D eigenvalue weighted by atomic mass is 10.1. The lowest BCUT2D eigenvalue weighted by Crippen LogP contribution is -2.45. The normalized spacial score (nSPS) is 20.4. The largest absolute Gasteiger partial charge is 0.341 e. The van der Waals surface area contributed by atoms with Crippen LogP contribution in [-0.2, 0) is 17.1 Å². The Kier molecular flexibility index (Phi) is 4.24. The highest BCUT2D eigenvalue weighted by Crippen LogP contribution is 2.27. The zero-order valence-electron chi connectivity index (χ0n) is 14.3. The lowest BCUT2D eigenvalue weighted by molar-refractivity contribution is 0.444. The molecule has 0 spiro atoms. The molecule has 0 radical (unpaired) electrons. The molecule has 25 heavy (non-hydrogen) atoms. The van der Waals surface area contributed by atoms with Crippen LogP contribution in [0.5, 0.6) is 0 Å². The predicted molar refractivity (Wildman–Crippen MR) is 93.5 cm³/mol. The number of aromatic nitrogens is 5. The quantitative estimate of drug-likeness (QED) is 0.852. The number of H-pyrrole nitrogens is 1. The number of nitrogens with one attached hydrogen (secondary N) is 1. The van der Waals surface area contributed by atoms with Crippen LogP contribution in [0.15, 0.2) is 12.3 Å². The summed E-state index contributed by atoms with van der Waals surface area (Å²) < 4.78 is 29.0. The third kappa shape index (κ3) is 2.93. The van der Waals surface area contributed by atoms with Crippen molar-refractivity contribution in [1.29, 1.82) is 0 Å². The highest BCUT2D eigenvalue weighted by molar-refractivity contribution is 7.89. The molecule has 10 heteroatoms. The van der Waals surface area contributed by atoms with Crippen molar-refractivity contribution in [1.82, 2.24) is 29.3 Å². The Balaban J connectivity index is 1.46. The molecular formula is C15H23N7O2S. The van der Waals surface area contributed by atoms with E-state index in [-0.39, 0.29) is 5.25 Å². The molecule has 0 amide bonds. The second-order valence-corrected chi connectivity index (χ2v) is 8.90. The summed E-state index contributed by atoms with van der Waals surface area (Å²) in [6.07, 6.45) is 4.90. The van der Waals surface area contributed by atoms with Gasteiger partial charge in [-0.05, 0) is 31.7 Å². The van der Waals surface area contributed by atoms with Gasteiger partial charge in [0.1, 0.15) is 5.69 Å². The van der Waals surface area contributed by atoms with Crippen LogP contribution in [0, 0.1) is 0 Å². The van der Waals surface area contributed by atoms with E-state index >= 15 is 0 Å². The van der Waals surface area contributed by atoms with Gasteiger partial charge < -0.3 is 4.90 Å². The Morgan fingerprint density at radius 2 is 1.84 bits per heavy atom. The van der Waals surface area contributed by atoms with Gasteiger partial charge in [0.2, 0.25) is 16.0 Å². The van der Waals surface area contributed by atoms with Gasteiger partial charge in [-0.25, -0.2) is 12.7 Å². The summed E-state index contributed by atoms with van der Waals surface area (Å²) in [5, 5.41) is 15.1. The SMILES string of the molecule is Cn1c(-c2ccn[nH]2)nnc1N1CCC(S(=O)(=O)N2CCCC2)CC1. The molecule has 2 saturated heterocycles. The van der Waals surface area contributed by atoms with E-state index in [1.165, 1.54) is 0 Å². The minimum absolute atomic E-state index is 0.276. The van der Waals surface area contributed by atoms with Crippen molar-refractivity contribution >= 4 is 16.0 Å². The Morgan fingerprint density at radius 1 is 1.12 bits per heavy atom. The first kappa shape index (κ1) is 16.5. The molecule has 2 aromatic heterocycles. The molecule has 1 N–H and O–H groups in total. The maximum absolute atomic E-state index is 12.7. The fourth-order valence-corrected chi connectivity index (χ4v) is 5.71. The van der Waals surface area contributed by atoms with Crippen LogP contribution >= 0.6 is 0 Å². The van der Waals surface area contributed by atoms with Gasteiger partial charge in [-0.2, -0.15) is 5.10 Å². The maximum Gasteiger partial charge on any atom is 0.227 e. The van der Waals surface area contributed by atoms with Crippen molar-refractivity contribution in [2.75, 3.05) is 31.1 Å². The van der Waals surface area contributed by atoms with Crippen molar-refractivity contribution in [2.24, 2.45) is 7.05 Å². The number of hydrogen-bond acceptors (Lipinski definition) is 6. The Bertz CT molecular complexity index is 816. The second kappa shape index (κ2) is 6.41. The first-order valence-electron chi connectivity index (χ1n) is 8.70. The summed E-state index contributed by atoms with van der Waals surface area (Å²) in [7, 11) is -1.24. The van der Waals surface area contributed by atoms with E-state index in [0.717, 1.165) is 30.3 Å². The van der Waals surface area contributed by atoms with Gasteiger partial charge in [0.15, 0.2) is 5.82 Å². The minimum atomic E-state index is -3.16. The van der Waals surface area contributed by atoms with Gasteiger partial charge in [-0.3, -0.25) is 9.67 Å². The van der Waals surface area contributed by atoms with Crippen LogP contribution in [0.2, 0.25) is 0 Å². The summed E-state index contributed by atoms with van der Waals surface area (Å²) in [5.41, 5.74) is 0.813. The van der Waals surface area contributed by atoms with Crippen LogP contribution < -0.4 is 4.90 Å². The highest BCUT2D eigenvalue weighted by Gasteiger charge is 2.36. The third-order valence-electron chi connectivity index (χ3n) is 5.16. The van der Waals surface area contributed by atoms with E-state index in [2.05, 4.69) is 25.3 Å². The summed E-state index contributed by atoms with van der Waals surface area (Å²) in [4.78, 5) is 2.11. The highest BCUT2D eigenvalue weighted by atomic mass is 32.2. The molecule has 4 heterocycles. The van der Waals surface area contributed by atoms with E-state index in [9.17, 15) is 8.42 Å². The first-order valence-corrected chi connectivity index (χ1v) is 10.2. The number of hydrogen-bond donors (Lipinski definition) is 1. The van der Waals surface area contributed by atoms with E-state index in [4.69, 9.17) is 0 Å². The fraction of sp³-hybridized carbons (Fsp3) is 0.667. The molecule has 2 aromatic rings. The molecule has 0 saturated carbocycles. The number of sulfonamides is 1. The van der Waals surface area contributed by atoms with Gasteiger partial charge in [-0.15, -0.1) is 10.2 Å². The average Bonchev–Trinajstić information content (AvgIpc) is 3.36. The zero-order valence-corrected chi connectivity index (χ0v) is 15.1. The Hall–Kier alpha value is -1.94. The van der Waals surface area contributed by atoms with Crippen LogP contribution in [-0.4, -0.2) is 69.1 Å². The summed E-state index contributed by atoms with van der Waals surface area (Å²) in [6, 6.07) is 1.85. The van der Waals surface area contributed by atoms with Crippen molar-refractivity contribution in [3.8, 4) is 11.5 Å². The standard InChI is InChI=1S/C15H23N7O2S/c1-20-14(13-4-7-16-17-13)18-19-15(20)21-10-5-12(6-11-21)25(23,24)22-8-2-3-9-22/h4,7,12H,2-3,5-6,8-11H2,1H3,(H,16,17). The van der Waals surface area contributed by atoms with E-state index in [1.807, 2.05) is 17.7 Å². The van der Waals surface area contributed by atoms with Gasteiger partial charge in [-0.1, -0.05) is 0 Å². The number of anilines is 1. The minimum Gasteiger partial charge on any atom is -0.341 e. The summed E-state index contributed by atoms with van der Waals surface area (Å²) in [6.45, 7) is 2.71. The third-order valence-corrected chi connectivity index (χ3v) is 7.56. The number of nitrogens with zero attached hydrogens (tertiary/aromatic N) is 6. The molecule has 0 unspecified atom stereocenters. The number of piperidine rings is 1. The molecule has 0 bridgehead atoms. The second-order valence-electron chi connectivity index (χ2n) is 6.69. The predicted octanol–water partition coefficient (Wildman–Crippen LogP) is 0.600. The molecule has 9 nitrogen and oxygen atoms in total. The molecule has 2 aliphatic heterocycles. The molecule has 136 valence electrons. The van der Waals surface area contributed by atoms with Crippen molar-refractivity contribution in [3.63, 3.8) is 0 Å². The van der Waals surface area contributed by atoms with Gasteiger partial charge in [0, 0.05) is 39.4 Å². The summed E-state index contributed by atoms with van der Waals surface area (Å²) >= 11 is 0. The van der Waals surface area contributed by atoms with Crippen molar-refractivity contribution < 1.29 is 8.42 Å². The van der Waals surface area contributed by atoms with Crippen molar-refractivity contribution in [3.05, 3.63) is 12.3 Å². The number of aromatic amines is 1. The van der Waals surface area contributed by atoms with Crippen LogP contribution in [0.1, 0.15) is 25.7 Å². The molecule has 2 aliphatic rings. The number of rotatable bonds is 4. The zero-order chi connectivity index (χ0) is 17.4. The molecule has 0 aliphatic carbocycles. The smallest absolute Gasteiger partial charge is 0.227 e. The average molecular weight is 365 g/mol. The van der Waals surface area contributed by atoms with Gasteiger partial charge in [0.05, 0.1) is 5.25 Å². The maximum atomic E-state index is 12.7. The topological polar surface area (TPSA) is 100 Å². The molecule has 0 atom stereocenters. The van der Waals surface area contributed by atoms with Crippen LogP contribution in [0.25, 0.3) is 11.5 Å². The van der Waals surface area contributed by atoms with Crippen LogP contribution in [0.4, 0.5) is 5.95 Å². The van der Waals surface area contributed by atoms with E-state index in [1.54, 1.807) is 10.5 Å². The van der Waals surface area contributed by atoms with Gasteiger partial charge >= 0.3 is 0 Å². The molecule has 4 rings (SSSR count). The fourth-order valence-electron chi connectivity index (χ4n) is 3.72. The Labute approximate surface area is 147 Å². The molecule has 0 aromatic carbocycles. The molecule has 2 fully saturated rings. The first-order chi connectivity index (χ1) is 12.1. The van der Waals surface area contributed by atoms with Crippen LogP contribution in [0.3, 0.4) is 0 Å². The lowest BCUT2D eigenvalue weighted by Gasteiger charge is -2.33. The van der Waals surface area contributed by atoms with E-state index in [0.29, 0.717) is 39.0 Å². The molecular weight excluding hydrogens is 342 g/mol. The van der Waals surface area contributed by atoms with Gasteiger partial charge in [0.25, 0.3) is 0 Å².